The molecule has 0 unspecified atom stereocenters. The molecule has 1 aromatic rings. The number of amides is 1. The first-order chi connectivity index (χ1) is 11.5. The number of likely N-dealkylation sites (tertiary alicyclic amines) is 1. The molecule has 1 fully saturated rings. The Morgan fingerprint density at radius 2 is 2.17 bits per heavy atom. The van der Waals surface area contributed by atoms with E-state index in [0.29, 0.717) is 19.1 Å². The number of nitrogens with zero attached hydrogens (tertiary/aromatic N) is 2. The van der Waals surface area contributed by atoms with Gasteiger partial charge in [-0.3, -0.25) is 4.99 Å². The van der Waals surface area contributed by atoms with Crippen molar-refractivity contribution in [2.45, 2.75) is 38.1 Å². The lowest BCUT2D eigenvalue weighted by Crippen LogP contribution is -2.51. The number of carbonyl (C=O) groups excluding carboxylic acids is 1. The van der Waals surface area contributed by atoms with Crippen LogP contribution < -0.4 is 10.6 Å². The topological polar surface area (TPSA) is 66.0 Å². The molecule has 0 atom stereocenters. The number of thiophene rings is 1. The van der Waals surface area contributed by atoms with Crippen molar-refractivity contribution in [3.8, 4) is 0 Å². The van der Waals surface area contributed by atoms with Crippen LogP contribution in [0.25, 0.3) is 0 Å². The maximum absolute atomic E-state index is 11.5. The molecule has 1 aliphatic heterocycles. The summed E-state index contributed by atoms with van der Waals surface area (Å²) in [5, 5.41) is 9.01. The zero-order valence-electron chi connectivity index (χ0n) is 15.0. The number of rotatable bonds is 4. The maximum atomic E-state index is 11.5. The molecule has 2 heterocycles. The Kier molecular flexibility index (Phi) is 6.48. The van der Waals surface area contributed by atoms with E-state index in [2.05, 4.69) is 47.0 Å². The SMILES string of the molecule is CN=C(NCC(C)(C)c1cccs1)NC1CCN(C(=O)OC)CC1. The number of hydrogen-bond acceptors (Lipinski definition) is 4. The monoisotopic (exact) mass is 352 g/mol. The van der Waals surface area contributed by atoms with Crippen LogP contribution in [0.15, 0.2) is 22.5 Å². The van der Waals surface area contributed by atoms with Crippen LogP contribution >= 0.6 is 11.3 Å². The van der Waals surface area contributed by atoms with Gasteiger partial charge in [-0.05, 0) is 24.3 Å². The zero-order chi connectivity index (χ0) is 17.6. The van der Waals surface area contributed by atoms with Crippen LogP contribution in [0.4, 0.5) is 4.79 Å². The van der Waals surface area contributed by atoms with Gasteiger partial charge in [0.2, 0.25) is 0 Å². The Balaban J connectivity index is 1.80. The largest absolute Gasteiger partial charge is 0.453 e. The Morgan fingerprint density at radius 3 is 2.71 bits per heavy atom. The second-order valence-electron chi connectivity index (χ2n) is 6.66. The van der Waals surface area contributed by atoms with Gasteiger partial charge in [0.05, 0.1) is 7.11 Å². The molecule has 0 bridgehead atoms. The van der Waals surface area contributed by atoms with Crippen LogP contribution in [-0.2, 0) is 10.2 Å². The van der Waals surface area contributed by atoms with Gasteiger partial charge in [0.25, 0.3) is 0 Å². The smallest absolute Gasteiger partial charge is 0.409 e. The molecule has 134 valence electrons. The summed E-state index contributed by atoms with van der Waals surface area (Å²) in [6.07, 6.45) is 1.54. The number of ether oxygens (including phenoxy) is 1. The summed E-state index contributed by atoms with van der Waals surface area (Å²) in [6.45, 7) is 6.69. The standard InChI is InChI=1S/C17H28N4O2S/c1-17(2,14-6-5-11-24-14)12-19-15(18-3)20-13-7-9-21(10-8-13)16(22)23-4/h5-6,11,13H,7-10,12H2,1-4H3,(H2,18,19,20). The van der Waals surface area contributed by atoms with Crippen molar-refractivity contribution in [3.63, 3.8) is 0 Å². The molecule has 1 amide bonds. The molecule has 0 aliphatic carbocycles. The van der Waals surface area contributed by atoms with E-state index in [4.69, 9.17) is 4.74 Å². The molecule has 0 spiro atoms. The summed E-state index contributed by atoms with van der Waals surface area (Å²) in [4.78, 5) is 19.0. The molecule has 6 nitrogen and oxygen atoms in total. The van der Waals surface area contributed by atoms with Crippen molar-refractivity contribution in [1.82, 2.24) is 15.5 Å². The summed E-state index contributed by atoms with van der Waals surface area (Å²) < 4.78 is 4.77. The molecule has 0 aromatic carbocycles. The Morgan fingerprint density at radius 1 is 1.46 bits per heavy atom. The molecular formula is C17H28N4O2S. The molecule has 24 heavy (non-hydrogen) atoms. The second kappa shape index (κ2) is 8.37. The van der Waals surface area contributed by atoms with Gasteiger partial charge in [-0.25, -0.2) is 4.79 Å². The van der Waals surface area contributed by atoms with E-state index in [1.165, 1.54) is 12.0 Å². The molecule has 1 aliphatic rings. The fourth-order valence-electron chi connectivity index (χ4n) is 2.78. The molecule has 0 radical (unpaired) electrons. The molecule has 1 aromatic heterocycles. The number of nitrogens with one attached hydrogen (secondary N) is 2. The quantitative estimate of drug-likeness (QED) is 0.645. The van der Waals surface area contributed by atoms with Gasteiger partial charge in [-0.2, -0.15) is 0 Å². The van der Waals surface area contributed by atoms with Crippen molar-refractivity contribution in [2.24, 2.45) is 4.99 Å². The molecule has 2 N–H and O–H groups in total. The normalized spacial score (nSPS) is 16.8. The summed E-state index contributed by atoms with van der Waals surface area (Å²) >= 11 is 1.78. The first-order valence-electron chi connectivity index (χ1n) is 8.30. The molecule has 0 saturated carbocycles. The number of guanidine groups is 1. The average molecular weight is 353 g/mol. The minimum Gasteiger partial charge on any atom is -0.453 e. The van der Waals surface area contributed by atoms with Crippen molar-refractivity contribution < 1.29 is 9.53 Å². The number of aliphatic imine (C=N–C) groups is 1. The van der Waals surface area contributed by atoms with Crippen LogP contribution in [0.3, 0.4) is 0 Å². The van der Waals surface area contributed by atoms with Crippen molar-refractivity contribution in [2.75, 3.05) is 33.8 Å². The third-order valence-electron chi connectivity index (χ3n) is 4.38. The van der Waals surface area contributed by atoms with Crippen molar-refractivity contribution in [3.05, 3.63) is 22.4 Å². The first kappa shape index (κ1) is 18.6. The predicted molar refractivity (Wildman–Crippen MR) is 98.8 cm³/mol. The first-order valence-corrected chi connectivity index (χ1v) is 9.18. The van der Waals surface area contributed by atoms with Gasteiger partial charge in [-0.15, -0.1) is 11.3 Å². The second-order valence-corrected chi connectivity index (χ2v) is 7.61. The number of piperidine rings is 1. The van der Waals surface area contributed by atoms with E-state index in [0.717, 1.165) is 25.3 Å². The molecular weight excluding hydrogens is 324 g/mol. The average Bonchev–Trinajstić information content (AvgIpc) is 3.14. The third-order valence-corrected chi connectivity index (χ3v) is 5.61. The highest BCUT2D eigenvalue weighted by Gasteiger charge is 2.25. The van der Waals surface area contributed by atoms with E-state index in [1.54, 1.807) is 23.3 Å². The van der Waals surface area contributed by atoms with Crippen LogP contribution in [0, 0.1) is 0 Å². The lowest BCUT2D eigenvalue weighted by molar-refractivity contribution is 0.111. The van der Waals surface area contributed by atoms with Gasteiger partial charge < -0.3 is 20.3 Å². The van der Waals surface area contributed by atoms with Gasteiger partial charge in [0.15, 0.2) is 5.96 Å². The number of carbonyl (C=O) groups is 1. The van der Waals surface area contributed by atoms with Crippen LogP contribution in [0.5, 0.6) is 0 Å². The fraction of sp³-hybridized carbons (Fsp3) is 0.647. The van der Waals surface area contributed by atoms with Gasteiger partial charge in [0.1, 0.15) is 0 Å². The predicted octanol–water partition coefficient (Wildman–Crippen LogP) is 2.42. The Hall–Kier alpha value is -1.76. The van der Waals surface area contributed by atoms with E-state index >= 15 is 0 Å². The van der Waals surface area contributed by atoms with E-state index in [-0.39, 0.29) is 11.5 Å². The Bertz CT molecular complexity index is 549. The fourth-order valence-corrected chi connectivity index (χ4v) is 3.63. The minimum atomic E-state index is -0.242. The minimum absolute atomic E-state index is 0.0556. The van der Waals surface area contributed by atoms with E-state index in [9.17, 15) is 4.79 Å². The summed E-state index contributed by atoms with van der Waals surface area (Å²) in [7, 11) is 3.21. The Labute approximate surface area is 148 Å². The number of methoxy groups -OCH3 is 1. The van der Waals surface area contributed by atoms with Crippen LogP contribution in [0.2, 0.25) is 0 Å². The highest BCUT2D eigenvalue weighted by atomic mass is 32.1. The van der Waals surface area contributed by atoms with Gasteiger partial charge >= 0.3 is 6.09 Å². The molecule has 7 heteroatoms. The van der Waals surface area contributed by atoms with Crippen LogP contribution in [0.1, 0.15) is 31.6 Å². The lowest BCUT2D eigenvalue weighted by Gasteiger charge is -2.32. The summed E-state index contributed by atoms with van der Waals surface area (Å²) in [5.41, 5.74) is 0.0556. The zero-order valence-corrected chi connectivity index (χ0v) is 15.8. The third kappa shape index (κ3) is 4.87. The summed E-state index contributed by atoms with van der Waals surface area (Å²) in [6, 6.07) is 4.58. The molecule has 1 saturated heterocycles. The molecule has 2 rings (SSSR count). The van der Waals surface area contributed by atoms with Crippen molar-refractivity contribution in [1.29, 1.82) is 0 Å². The van der Waals surface area contributed by atoms with E-state index < -0.39 is 0 Å². The highest BCUT2D eigenvalue weighted by Crippen LogP contribution is 2.26. The van der Waals surface area contributed by atoms with Gasteiger partial charge in [0, 0.05) is 43.0 Å². The van der Waals surface area contributed by atoms with Crippen LogP contribution in [-0.4, -0.2) is 56.8 Å². The lowest BCUT2D eigenvalue weighted by atomic mass is 9.91. The summed E-state index contributed by atoms with van der Waals surface area (Å²) in [5.74, 6) is 0.816. The highest BCUT2D eigenvalue weighted by molar-refractivity contribution is 7.10. The van der Waals surface area contributed by atoms with Gasteiger partial charge in [-0.1, -0.05) is 19.9 Å². The maximum Gasteiger partial charge on any atom is 0.409 e. The number of hydrogen-bond donors (Lipinski definition) is 2. The van der Waals surface area contributed by atoms with E-state index in [1.807, 2.05) is 0 Å². The van der Waals surface area contributed by atoms with Crippen molar-refractivity contribution >= 4 is 23.4 Å².